The molecule has 8 heteroatoms. The number of halogens is 3. The van der Waals surface area contributed by atoms with Gasteiger partial charge in [-0.2, -0.15) is 0 Å². The zero-order chi connectivity index (χ0) is 27.7. The third-order valence-corrected chi connectivity index (χ3v) is 8.34. The molecule has 0 aliphatic heterocycles. The molecular formula is C31H28Cl3NO4. The van der Waals surface area contributed by atoms with Crippen LogP contribution in [0.3, 0.4) is 0 Å². The number of carbonyl (C=O) groups excluding carboxylic acids is 1. The molecule has 1 saturated carbocycles. The molecule has 1 aliphatic rings. The van der Waals surface area contributed by atoms with Crippen LogP contribution in [0.25, 0.3) is 11.3 Å². The first-order valence-corrected chi connectivity index (χ1v) is 14.0. The molecule has 1 fully saturated rings. The van der Waals surface area contributed by atoms with Crippen molar-refractivity contribution in [3.63, 3.8) is 0 Å². The van der Waals surface area contributed by atoms with Crippen LogP contribution in [0.2, 0.25) is 15.1 Å². The first-order valence-electron chi connectivity index (χ1n) is 12.9. The van der Waals surface area contributed by atoms with Gasteiger partial charge in [0, 0.05) is 16.5 Å². The van der Waals surface area contributed by atoms with E-state index in [0.717, 1.165) is 29.7 Å². The predicted octanol–water partition coefficient (Wildman–Crippen LogP) is 9.45. The Labute approximate surface area is 243 Å². The highest BCUT2D eigenvalue weighted by molar-refractivity contribution is 6.39. The average Bonchev–Trinajstić information content (AvgIpc) is 3.63. The Morgan fingerprint density at radius 2 is 1.74 bits per heavy atom. The molecule has 4 aromatic rings. The molecule has 0 N–H and O–H groups in total. The molecule has 5 nitrogen and oxygen atoms in total. The second-order valence-corrected chi connectivity index (χ2v) is 11.0. The number of carbonyl (C=O) groups is 1. The Kier molecular flexibility index (Phi) is 8.22. The van der Waals surface area contributed by atoms with Crippen molar-refractivity contribution in [2.75, 3.05) is 7.11 Å². The molecule has 1 aromatic heterocycles. The number of hydrogen-bond donors (Lipinski definition) is 0. The van der Waals surface area contributed by atoms with Crippen LogP contribution in [0.15, 0.2) is 65.2 Å². The molecule has 39 heavy (non-hydrogen) atoms. The fourth-order valence-corrected chi connectivity index (χ4v) is 5.79. The molecule has 5 rings (SSSR count). The van der Waals surface area contributed by atoms with Crippen molar-refractivity contribution < 1.29 is 18.8 Å². The van der Waals surface area contributed by atoms with Gasteiger partial charge >= 0.3 is 5.97 Å². The summed E-state index contributed by atoms with van der Waals surface area (Å²) >= 11 is 19.7. The van der Waals surface area contributed by atoms with Gasteiger partial charge in [0.1, 0.15) is 23.8 Å². The summed E-state index contributed by atoms with van der Waals surface area (Å²) in [5.74, 6) is 1.89. The first kappa shape index (κ1) is 27.6. The normalized spacial score (nSPS) is 17.1. The zero-order valence-corrected chi connectivity index (χ0v) is 24.1. The lowest BCUT2D eigenvalue weighted by Gasteiger charge is -2.13. The molecule has 0 saturated heterocycles. The lowest BCUT2D eigenvalue weighted by molar-refractivity contribution is 0.0600. The predicted molar refractivity (Wildman–Crippen MR) is 154 cm³/mol. The minimum Gasteiger partial charge on any atom is -0.489 e. The van der Waals surface area contributed by atoms with E-state index in [0.29, 0.717) is 49.5 Å². The maximum Gasteiger partial charge on any atom is 0.337 e. The van der Waals surface area contributed by atoms with E-state index < -0.39 is 0 Å². The lowest BCUT2D eigenvalue weighted by Crippen LogP contribution is -2.02. The van der Waals surface area contributed by atoms with Crippen LogP contribution >= 0.6 is 34.8 Å². The van der Waals surface area contributed by atoms with E-state index in [4.69, 9.17) is 48.8 Å². The molecule has 3 atom stereocenters. The molecular weight excluding hydrogens is 557 g/mol. The van der Waals surface area contributed by atoms with Crippen LogP contribution in [0.1, 0.15) is 77.3 Å². The van der Waals surface area contributed by atoms with Crippen LogP contribution in [0.5, 0.6) is 5.75 Å². The number of nitrogens with zero attached hydrogens (tertiary/aromatic N) is 1. The summed E-state index contributed by atoms with van der Waals surface area (Å²) in [6, 6.07) is 18.8. The number of rotatable bonds is 9. The van der Waals surface area contributed by atoms with E-state index in [9.17, 15) is 4.79 Å². The number of hydrogen-bond acceptors (Lipinski definition) is 5. The van der Waals surface area contributed by atoms with Gasteiger partial charge in [-0.1, -0.05) is 78.1 Å². The standard InChI is InChI=1S/C31H28Cl3NO4/c1-4-17(2)30-24(29(35-39-30)28-25(32)6-5-7-26(28)33)16-38-20-12-13-21(27(34)14-20)23-15-22(23)18-8-10-19(11-9-18)31(36)37-3/h5-14,17,22-23H,4,15-16H2,1-3H3/t17?,22-,23?/m1/s1. The van der Waals surface area contributed by atoms with E-state index >= 15 is 0 Å². The fourth-order valence-electron chi connectivity index (χ4n) is 4.90. The van der Waals surface area contributed by atoms with Crippen LogP contribution in [0, 0.1) is 0 Å². The molecule has 1 aliphatic carbocycles. The molecule has 2 unspecified atom stereocenters. The van der Waals surface area contributed by atoms with Gasteiger partial charge in [-0.15, -0.1) is 0 Å². The second-order valence-electron chi connectivity index (χ2n) is 9.81. The van der Waals surface area contributed by atoms with Crippen molar-refractivity contribution in [1.82, 2.24) is 5.16 Å². The van der Waals surface area contributed by atoms with E-state index in [-0.39, 0.29) is 18.5 Å². The van der Waals surface area contributed by atoms with Crippen LogP contribution in [-0.4, -0.2) is 18.2 Å². The summed E-state index contributed by atoms with van der Waals surface area (Å²) in [4.78, 5) is 11.7. The van der Waals surface area contributed by atoms with Gasteiger partial charge in [0.05, 0.1) is 28.3 Å². The average molecular weight is 585 g/mol. The summed E-state index contributed by atoms with van der Waals surface area (Å²) < 4.78 is 16.8. The second kappa shape index (κ2) is 11.6. The van der Waals surface area contributed by atoms with Crippen molar-refractivity contribution >= 4 is 40.8 Å². The minimum absolute atomic E-state index is 0.144. The largest absolute Gasteiger partial charge is 0.489 e. The van der Waals surface area contributed by atoms with Gasteiger partial charge in [-0.05, 0) is 72.2 Å². The highest BCUT2D eigenvalue weighted by Gasteiger charge is 2.40. The zero-order valence-electron chi connectivity index (χ0n) is 21.8. The van der Waals surface area contributed by atoms with Gasteiger partial charge in [0.2, 0.25) is 0 Å². The van der Waals surface area contributed by atoms with E-state index in [1.807, 2.05) is 30.3 Å². The van der Waals surface area contributed by atoms with Gasteiger partial charge in [0.15, 0.2) is 0 Å². The Balaban J connectivity index is 1.33. The van der Waals surface area contributed by atoms with Gasteiger partial charge in [-0.3, -0.25) is 0 Å². The number of ether oxygens (including phenoxy) is 2. The Morgan fingerprint density at radius 3 is 2.38 bits per heavy atom. The van der Waals surface area contributed by atoms with Crippen molar-refractivity contribution in [1.29, 1.82) is 0 Å². The maximum absolute atomic E-state index is 11.7. The van der Waals surface area contributed by atoms with E-state index in [2.05, 4.69) is 19.0 Å². The first-order chi connectivity index (χ1) is 18.8. The highest BCUT2D eigenvalue weighted by Crippen LogP contribution is 2.56. The topological polar surface area (TPSA) is 61.6 Å². The summed E-state index contributed by atoms with van der Waals surface area (Å²) in [6.45, 7) is 4.41. The molecule has 0 radical (unpaired) electrons. The summed E-state index contributed by atoms with van der Waals surface area (Å²) in [5, 5.41) is 5.99. The highest BCUT2D eigenvalue weighted by atomic mass is 35.5. The van der Waals surface area contributed by atoms with Gasteiger partial charge in [-0.25, -0.2) is 4.79 Å². The van der Waals surface area contributed by atoms with E-state index in [1.54, 1.807) is 30.3 Å². The maximum atomic E-state index is 11.7. The SMILES string of the molecule is CCC(C)c1onc(-c2c(Cl)cccc2Cl)c1COc1ccc(C2C[C@@H]2c2ccc(C(=O)OC)cc2)c(Cl)c1. The van der Waals surface area contributed by atoms with Crippen LogP contribution in [0.4, 0.5) is 0 Å². The summed E-state index contributed by atoms with van der Waals surface area (Å²) in [5.41, 5.74) is 4.84. The van der Waals surface area contributed by atoms with Crippen molar-refractivity contribution in [3.05, 3.63) is 104 Å². The summed E-state index contributed by atoms with van der Waals surface area (Å²) in [7, 11) is 1.38. The quantitative estimate of drug-likeness (QED) is 0.183. The molecule has 202 valence electrons. The number of esters is 1. The van der Waals surface area contributed by atoms with E-state index in [1.165, 1.54) is 12.7 Å². The van der Waals surface area contributed by atoms with Crippen molar-refractivity contribution in [3.8, 4) is 17.0 Å². The molecule has 0 bridgehead atoms. The number of aromatic nitrogens is 1. The molecule has 1 heterocycles. The number of benzene rings is 3. The Hall–Kier alpha value is -2.99. The summed E-state index contributed by atoms with van der Waals surface area (Å²) in [6.07, 6.45) is 1.88. The smallest absolute Gasteiger partial charge is 0.337 e. The molecule has 3 aromatic carbocycles. The minimum atomic E-state index is -0.336. The van der Waals surface area contributed by atoms with Crippen LogP contribution in [-0.2, 0) is 11.3 Å². The molecule has 0 spiro atoms. The molecule has 0 amide bonds. The van der Waals surface area contributed by atoms with Gasteiger partial charge < -0.3 is 14.0 Å². The van der Waals surface area contributed by atoms with Crippen LogP contribution < -0.4 is 4.74 Å². The fraction of sp³-hybridized carbons (Fsp3) is 0.290. The Morgan fingerprint density at radius 1 is 1.03 bits per heavy atom. The Bertz CT molecular complexity index is 1480. The monoisotopic (exact) mass is 583 g/mol. The third kappa shape index (κ3) is 5.67. The number of methoxy groups -OCH3 is 1. The van der Waals surface area contributed by atoms with Crippen molar-refractivity contribution in [2.45, 2.75) is 51.0 Å². The van der Waals surface area contributed by atoms with Gasteiger partial charge in [0.25, 0.3) is 0 Å². The lowest BCUT2D eigenvalue weighted by atomic mass is 9.98. The third-order valence-electron chi connectivity index (χ3n) is 7.38. The van der Waals surface area contributed by atoms with Crippen molar-refractivity contribution in [2.24, 2.45) is 0 Å².